The molecule has 1 amide bonds. The number of hydrogen-bond acceptors (Lipinski definition) is 4. The van der Waals surface area contributed by atoms with Gasteiger partial charge in [0, 0.05) is 18.7 Å². The number of nitro benzene ring substituents is 1. The minimum absolute atomic E-state index is 0.0309. The molecular weight excluding hydrogens is 264 g/mol. The van der Waals surface area contributed by atoms with Gasteiger partial charge in [0.15, 0.2) is 0 Å². The molecule has 0 saturated carbocycles. The van der Waals surface area contributed by atoms with Crippen LogP contribution in [0, 0.1) is 10.1 Å². The SMILES string of the molecule is CCN(C(=O)c1ccccc1[N+](=O)[O-])C(C)CC(=O)O. The smallest absolute Gasteiger partial charge is 0.305 e. The first-order chi connectivity index (χ1) is 9.38. The van der Waals surface area contributed by atoms with Crippen molar-refractivity contribution < 1.29 is 19.6 Å². The molecule has 0 aliphatic carbocycles. The molecule has 1 aromatic rings. The molecule has 7 nitrogen and oxygen atoms in total. The van der Waals surface area contributed by atoms with Crippen molar-refractivity contribution >= 4 is 17.6 Å². The lowest BCUT2D eigenvalue weighted by Gasteiger charge is -2.26. The second-order valence-corrected chi connectivity index (χ2v) is 4.31. The molecule has 1 rings (SSSR count). The van der Waals surface area contributed by atoms with Crippen molar-refractivity contribution in [1.82, 2.24) is 4.90 Å². The highest BCUT2D eigenvalue weighted by Crippen LogP contribution is 2.21. The summed E-state index contributed by atoms with van der Waals surface area (Å²) in [5.41, 5.74) is -0.310. The van der Waals surface area contributed by atoms with Crippen LogP contribution in [0.4, 0.5) is 5.69 Å². The maximum atomic E-state index is 12.4. The molecule has 1 atom stereocenters. The average molecular weight is 280 g/mol. The average Bonchev–Trinajstić information content (AvgIpc) is 2.38. The summed E-state index contributed by atoms with van der Waals surface area (Å²) >= 11 is 0. The number of para-hydroxylation sites is 1. The zero-order chi connectivity index (χ0) is 15.3. The Kier molecular flexibility index (Phi) is 5.19. The second-order valence-electron chi connectivity index (χ2n) is 4.31. The van der Waals surface area contributed by atoms with E-state index in [4.69, 9.17) is 5.11 Å². The van der Waals surface area contributed by atoms with E-state index in [1.807, 2.05) is 0 Å². The number of aliphatic carboxylic acids is 1. The van der Waals surface area contributed by atoms with Crippen LogP contribution in [0.2, 0.25) is 0 Å². The van der Waals surface area contributed by atoms with Crippen molar-refractivity contribution in [2.45, 2.75) is 26.3 Å². The number of hydrogen-bond donors (Lipinski definition) is 1. The lowest BCUT2D eigenvalue weighted by Crippen LogP contribution is -2.39. The molecule has 0 heterocycles. The van der Waals surface area contributed by atoms with E-state index in [0.29, 0.717) is 0 Å². The van der Waals surface area contributed by atoms with E-state index in [9.17, 15) is 19.7 Å². The fourth-order valence-corrected chi connectivity index (χ4v) is 1.99. The summed E-state index contributed by atoms with van der Waals surface area (Å²) in [7, 11) is 0. The zero-order valence-electron chi connectivity index (χ0n) is 11.3. The number of nitrogens with zero attached hydrogens (tertiary/aromatic N) is 2. The Labute approximate surface area is 116 Å². The number of carbonyl (C=O) groups excluding carboxylic acids is 1. The molecule has 0 saturated heterocycles. The Bertz CT molecular complexity index is 529. The normalized spacial score (nSPS) is 11.7. The fourth-order valence-electron chi connectivity index (χ4n) is 1.99. The minimum atomic E-state index is -1.02. The quantitative estimate of drug-likeness (QED) is 0.633. The third kappa shape index (κ3) is 3.53. The molecular formula is C13H16N2O5. The van der Waals surface area contributed by atoms with Crippen molar-refractivity contribution in [3.8, 4) is 0 Å². The molecule has 0 aromatic heterocycles. The number of nitro groups is 1. The number of rotatable bonds is 6. The summed E-state index contributed by atoms with van der Waals surface area (Å²) in [4.78, 5) is 34.7. The monoisotopic (exact) mass is 280 g/mol. The van der Waals surface area contributed by atoms with Crippen LogP contribution in [0.25, 0.3) is 0 Å². The molecule has 0 spiro atoms. The molecule has 1 N–H and O–H groups in total. The van der Waals surface area contributed by atoms with Crippen LogP contribution in [0.3, 0.4) is 0 Å². The van der Waals surface area contributed by atoms with Gasteiger partial charge in [-0.1, -0.05) is 12.1 Å². The summed E-state index contributed by atoms with van der Waals surface area (Å²) in [6.45, 7) is 3.58. The van der Waals surface area contributed by atoms with Crippen LogP contribution in [0.5, 0.6) is 0 Å². The molecule has 20 heavy (non-hydrogen) atoms. The summed E-state index contributed by atoms with van der Waals surface area (Å²) < 4.78 is 0. The maximum Gasteiger partial charge on any atom is 0.305 e. The maximum absolute atomic E-state index is 12.4. The lowest BCUT2D eigenvalue weighted by atomic mass is 10.1. The van der Waals surface area contributed by atoms with E-state index in [1.54, 1.807) is 13.8 Å². The van der Waals surface area contributed by atoms with Gasteiger partial charge in [-0.3, -0.25) is 19.7 Å². The standard InChI is InChI=1S/C13H16N2O5/c1-3-14(9(2)8-12(16)17)13(18)10-6-4-5-7-11(10)15(19)20/h4-7,9H,3,8H2,1-2H3,(H,16,17). The molecule has 0 fully saturated rings. The minimum Gasteiger partial charge on any atom is -0.481 e. The van der Waals surface area contributed by atoms with E-state index in [-0.39, 0.29) is 24.2 Å². The van der Waals surface area contributed by atoms with Gasteiger partial charge >= 0.3 is 5.97 Å². The van der Waals surface area contributed by atoms with E-state index < -0.39 is 22.8 Å². The lowest BCUT2D eigenvalue weighted by molar-refractivity contribution is -0.385. The predicted octanol–water partition coefficient (Wildman–Crippen LogP) is 1.92. The van der Waals surface area contributed by atoms with Crippen LogP contribution < -0.4 is 0 Å². The summed E-state index contributed by atoms with van der Waals surface area (Å²) in [6, 6.07) is 5.10. The third-order valence-electron chi connectivity index (χ3n) is 2.93. The molecule has 0 bridgehead atoms. The highest BCUT2D eigenvalue weighted by Gasteiger charge is 2.27. The van der Waals surface area contributed by atoms with Crippen LogP contribution in [0.15, 0.2) is 24.3 Å². The number of carboxylic acid groups (broad SMARTS) is 1. The Morgan fingerprint density at radius 1 is 1.40 bits per heavy atom. The second kappa shape index (κ2) is 6.65. The first kappa shape index (κ1) is 15.6. The van der Waals surface area contributed by atoms with E-state index in [1.165, 1.54) is 29.2 Å². The zero-order valence-corrected chi connectivity index (χ0v) is 11.3. The highest BCUT2D eigenvalue weighted by atomic mass is 16.6. The van der Waals surface area contributed by atoms with Crippen LogP contribution >= 0.6 is 0 Å². The van der Waals surface area contributed by atoms with Gasteiger partial charge in [0.05, 0.1) is 11.3 Å². The highest BCUT2D eigenvalue weighted by molar-refractivity contribution is 5.98. The van der Waals surface area contributed by atoms with E-state index in [2.05, 4.69) is 0 Å². The predicted molar refractivity (Wildman–Crippen MR) is 71.5 cm³/mol. The van der Waals surface area contributed by atoms with Crippen molar-refractivity contribution in [3.05, 3.63) is 39.9 Å². The van der Waals surface area contributed by atoms with Crippen LogP contribution in [0.1, 0.15) is 30.6 Å². The van der Waals surface area contributed by atoms with Gasteiger partial charge in [-0.2, -0.15) is 0 Å². The van der Waals surface area contributed by atoms with Crippen molar-refractivity contribution in [1.29, 1.82) is 0 Å². The Balaban J connectivity index is 3.09. The van der Waals surface area contributed by atoms with E-state index in [0.717, 1.165) is 0 Å². The molecule has 108 valence electrons. The van der Waals surface area contributed by atoms with Crippen molar-refractivity contribution in [2.24, 2.45) is 0 Å². The first-order valence-electron chi connectivity index (χ1n) is 6.14. The largest absolute Gasteiger partial charge is 0.481 e. The van der Waals surface area contributed by atoms with Crippen molar-refractivity contribution in [2.75, 3.05) is 6.54 Å². The number of amides is 1. The van der Waals surface area contributed by atoms with Gasteiger partial charge in [-0.05, 0) is 19.9 Å². The Morgan fingerprint density at radius 3 is 2.50 bits per heavy atom. The molecule has 7 heteroatoms. The summed E-state index contributed by atoms with van der Waals surface area (Å²) in [5.74, 6) is -1.56. The van der Waals surface area contributed by atoms with Gasteiger partial charge < -0.3 is 10.0 Å². The Hall–Kier alpha value is -2.44. The fraction of sp³-hybridized carbons (Fsp3) is 0.385. The van der Waals surface area contributed by atoms with Gasteiger partial charge in [0.1, 0.15) is 5.56 Å². The van der Waals surface area contributed by atoms with Gasteiger partial charge in [-0.25, -0.2) is 0 Å². The molecule has 0 aliphatic rings. The topological polar surface area (TPSA) is 101 Å². The molecule has 1 aromatic carbocycles. The van der Waals surface area contributed by atoms with Crippen LogP contribution in [-0.2, 0) is 4.79 Å². The number of carboxylic acids is 1. The van der Waals surface area contributed by atoms with Crippen LogP contribution in [-0.4, -0.2) is 39.4 Å². The van der Waals surface area contributed by atoms with Crippen molar-refractivity contribution in [3.63, 3.8) is 0 Å². The van der Waals surface area contributed by atoms with Gasteiger partial charge in [0.2, 0.25) is 0 Å². The van der Waals surface area contributed by atoms with Gasteiger partial charge in [-0.15, -0.1) is 0 Å². The first-order valence-corrected chi connectivity index (χ1v) is 6.14. The Morgan fingerprint density at radius 2 is 2.00 bits per heavy atom. The van der Waals surface area contributed by atoms with Gasteiger partial charge in [0.25, 0.3) is 11.6 Å². The summed E-state index contributed by atoms with van der Waals surface area (Å²) in [5, 5.41) is 19.7. The molecule has 0 radical (unpaired) electrons. The number of benzene rings is 1. The third-order valence-corrected chi connectivity index (χ3v) is 2.93. The molecule has 0 aliphatic heterocycles. The molecule has 1 unspecified atom stereocenters. The van der Waals surface area contributed by atoms with E-state index >= 15 is 0 Å². The summed E-state index contributed by atoms with van der Waals surface area (Å²) in [6.07, 6.45) is -0.208. The number of carbonyl (C=O) groups is 2.